The number of halogens is 1. The minimum Gasteiger partial charge on any atom is -0.352 e. The summed E-state index contributed by atoms with van der Waals surface area (Å²) in [6.07, 6.45) is 1.32. The average Bonchev–Trinajstić information content (AvgIpc) is 2.73. The maximum atomic E-state index is 13.8. The molecule has 0 unspecified atom stereocenters. The van der Waals surface area contributed by atoms with Crippen LogP contribution in [0.25, 0.3) is 0 Å². The van der Waals surface area contributed by atoms with Gasteiger partial charge in [-0.25, -0.2) is 9.18 Å². The Bertz CT molecular complexity index is 944. The van der Waals surface area contributed by atoms with Crippen molar-refractivity contribution in [1.82, 2.24) is 15.5 Å². The first-order chi connectivity index (χ1) is 14.7. The van der Waals surface area contributed by atoms with Crippen LogP contribution in [-0.2, 0) is 11.3 Å². The van der Waals surface area contributed by atoms with Crippen molar-refractivity contribution in [1.29, 1.82) is 0 Å². The molecule has 2 aromatic rings. The second kappa shape index (κ2) is 9.94. The molecule has 2 atom stereocenters. The first kappa shape index (κ1) is 22.8. The van der Waals surface area contributed by atoms with Crippen molar-refractivity contribution in [3.63, 3.8) is 0 Å². The quantitative estimate of drug-likeness (QED) is 0.734. The topological polar surface area (TPSA) is 61.4 Å². The van der Waals surface area contributed by atoms with Gasteiger partial charge in [-0.1, -0.05) is 42.0 Å². The summed E-state index contributed by atoms with van der Waals surface area (Å²) in [7, 11) is 0. The predicted molar refractivity (Wildman–Crippen MR) is 120 cm³/mol. The molecule has 0 radical (unpaired) electrons. The lowest BCUT2D eigenvalue weighted by Crippen LogP contribution is -2.51. The summed E-state index contributed by atoms with van der Waals surface area (Å²) in [5.41, 5.74) is 3.66. The van der Waals surface area contributed by atoms with Crippen molar-refractivity contribution in [2.75, 3.05) is 6.54 Å². The predicted octanol–water partition coefficient (Wildman–Crippen LogP) is 4.63. The molecule has 1 fully saturated rings. The molecule has 31 heavy (non-hydrogen) atoms. The molecule has 2 N–H and O–H groups in total. The number of nitrogens with one attached hydrogen (secondary N) is 2. The van der Waals surface area contributed by atoms with Crippen molar-refractivity contribution < 1.29 is 14.0 Å². The van der Waals surface area contributed by atoms with Gasteiger partial charge in [-0.05, 0) is 63.3 Å². The van der Waals surface area contributed by atoms with Crippen molar-refractivity contribution >= 4 is 11.9 Å². The lowest BCUT2D eigenvalue weighted by Gasteiger charge is -2.40. The monoisotopic (exact) mass is 425 g/mol. The summed E-state index contributed by atoms with van der Waals surface area (Å²) in [5.74, 6) is -0.579. The Labute approximate surface area is 184 Å². The van der Waals surface area contributed by atoms with Gasteiger partial charge >= 0.3 is 6.03 Å². The minimum atomic E-state index is -0.277. The molecule has 5 nitrogen and oxygen atoms in total. The van der Waals surface area contributed by atoms with Crippen molar-refractivity contribution in [3.05, 3.63) is 70.5 Å². The molecule has 0 saturated carbocycles. The van der Waals surface area contributed by atoms with Gasteiger partial charge in [-0.15, -0.1) is 0 Å². The lowest BCUT2D eigenvalue weighted by atomic mass is 9.88. The Balaban J connectivity index is 1.73. The van der Waals surface area contributed by atoms with E-state index in [1.807, 2.05) is 39.0 Å². The SMILES string of the molecule is Cc1cccc(CNC(=O)[C@H]2CC[C@H](c3ccc(F)c(C)c3)N(C(=O)NC(C)C)C2)c1. The van der Waals surface area contributed by atoms with Crippen LogP contribution in [0.2, 0.25) is 0 Å². The molecule has 1 aliphatic heterocycles. The van der Waals surface area contributed by atoms with Gasteiger partial charge in [0.25, 0.3) is 0 Å². The number of carbonyl (C=O) groups excluding carboxylic acids is 2. The number of nitrogens with zero attached hydrogens (tertiary/aromatic N) is 1. The Morgan fingerprint density at radius 1 is 1.13 bits per heavy atom. The third-order valence-electron chi connectivity index (χ3n) is 5.74. The second-order valence-electron chi connectivity index (χ2n) is 8.76. The smallest absolute Gasteiger partial charge is 0.318 e. The maximum Gasteiger partial charge on any atom is 0.318 e. The zero-order valence-corrected chi connectivity index (χ0v) is 18.7. The van der Waals surface area contributed by atoms with E-state index in [-0.39, 0.29) is 35.8 Å². The fourth-order valence-corrected chi connectivity index (χ4v) is 4.12. The third-order valence-corrected chi connectivity index (χ3v) is 5.74. The normalized spacial score (nSPS) is 18.7. The van der Waals surface area contributed by atoms with Crippen molar-refractivity contribution in [3.8, 4) is 0 Å². The maximum absolute atomic E-state index is 13.8. The van der Waals surface area contributed by atoms with E-state index in [0.717, 1.165) is 16.7 Å². The number of amides is 3. The molecule has 6 heteroatoms. The van der Waals surface area contributed by atoms with Gasteiger partial charge in [0.05, 0.1) is 12.0 Å². The zero-order chi connectivity index (χ0) is 22.5. The van der Waals surface area contributed by atoms with Crippen LogP contribution in [0.1, 0.15) is 55.0 Å². The fourth-order valence-electron chi connectivity index (χ4n) is 4.12. The third kappa shape index (κ3) is 5.84. The van der Waals surface area contributed by atoms with Gasteiger partial charge in [0.1, 0.15) is 5.82 Å². The average molecular weight is 426 g/mol. The van der Waals surface area contributed by atoms with Crippen LogP contribution < -0.4 is 10.6 Å². The molecule has 1 saturated heterocycles. The highest BCUT2D eigenvalue weighted by molar-refractivity contribution is 5.81. The van der Waals surface area contributed by atoms with E-state index >= 15 is 0 Å². The lowest BCUT2D eigenvalue weighted by molar-refractivity contribution is -0.126. The van der Waals surface area contributed by atoms with Gasteiger partial charge in [0.2, 0.25) is 5.91 Å². The van der Waals surface area contributed by atoms with Gasteiger partial charge in [-0.3, -0.25) is 4.79 Å². The van der Waals surface area contributed by atoms with Crippen LogP contribution in [0.3, 0.4) is 0 Å². The Morgan fingerprint density at radius 3 is 2.58 bits per heavy atom. The van der Waals surface area contributed by atoms with Gasteiger partial charge in [-0.2, -0.15) is 0 Å². The number of carbonyl (C=O) groups is 2. The molecule has 0 bridgehead atoms. The van der Waals surface area contributed by atoms with Crippen molar-refractivity contribution in [2.24, 2.45) is 5.92 Å². The Hall–Kier alpha value is -2.89. The van der Waals surface area contributed by atoms with Crippen LogP contribution in [0.15, 0.2) is 42.5 Å². The number of rotatable bonds is 5. The summed E-state index contributed by atoms with van der Waals surface area (Å²) in [5, 5.41) is 5.96. The summed E-state index contributed by atoms with van der Waals surface area (Å²) in [4.78, 5) is 27.5. The van der Waals surface area contributed by atoms with E-state index in [1.54, 1.807) is 24.0 Å². The highest BCUT2D eigenvalue weighted by atomic mass is 19.1. The first-order valence-corrected chi connectivity index (χ1v) is 10.9. The van der Waals surface area contributed by atoms with E-state index in [2.05, 4.69) is 16.7 Å². The van der Waals surface area contributed by atoms with E-state index in [9.17, 15) is 14.0 Å². The fraction of sp³-hybridized carbons (Fsp3) is 0.440. The molecule has 1 aliphatic rings. The van der Waals surface area contributed by atoms with Crippen LogP contribution in [-0.4, -0.2) is 29.4 Å². The van der Waals surface area contributed by atoms with Crippen LogP contribution >= 0.6 is 0 Å². The Morgan fingerprint density at radius 2 is 1.90 bits per heavy atom. The van der Waals surface area contributed by atoms with E-state index in [4.69, 9.17) is 0 Å². The molecule has 2 aromatic carbocycles. The summed E-state index contributed by atoms with van der Waals surface area (Å²) in [6.45, 7) is 8.36. The summed E-state index contributed by atoms with van der Waals surface area (Å²) in [6, 6.07) is 12.6. The van der Waals surface area contributed by atoms with Gasteiger partial charge in [0.15, 0.2) is 0 Å². The number of hydrogen-bond acceptors (Lipinski definition) is 2. The number of benzene rings is 2. The molecule has 0 aromatic heterocycles. The molecular formula is C25H32FN3O2. The van der Waals surface area contributed by atoms with Crippen molar-refractivity contribution in [2.45, 2.75) is 59.2 Å². The second-order valence-corrected chi connectivity index (χ2v) is 8.76. The first-order valence-electron chi connectivity index (χ1n) is 10.9. The number of urea groups is 1. The highest BCUT2D eigenvalue weighted by Gasteiger charge is 2.35. The molecular weight excluding hydrogens is 393 g/mol. The number of piperidine rings is 1. The largest absolute Gasteiger partial charge is 0.352 e. The summed E-state index contributed by atoms with van der Waals surface area (Å²) >= 11 is 0. The standard InChI is InChI=1S/C25H32FN3O2/c1-16(2)28-25(31)29-15-21(24(30)27-14-19-7-5-6-17(3)12-19)9-11-23(29)20-8-10-22(26)18(4)13-20/h5-8,10,12-13,16,21,23H,9,11,14-15H2,1-4H3,(H,27,30)(H,28,31)/t21-,23+/m0/s1. The van der Waals surface area contributed by atoms with E-state index in [0.29, 0.717) is 31.5 Å². The van der Waals surface area contributed by atoms with E-state index < -0.39 is 0 Å². The molecule has 3 amide bonds. The molecule has 1 heterocycles. The summed E-state index contributed by atoms with van der Waals surface area (Å²) < 4.78 is 13.8. The Kier molecular flexibility index (Phi) is 7.31. The zero-order valence-electron chi connectivity index (χ0n) is 18.7. The van der Waals surface area contributed by atoms with Gasteiger partial charge in [0, 0.05) is 19.1 Å². The molecule has 3 rings (SSSR count). The highest BCUT2D eigenvalue weighted by Crippen LogP contribution is 2.34. The molecule has 166 valence electrons. The molecule has 0 spiro atoms. The van der Waals surface area contributed by atoms with Crippen LogP contribution in [0.5, 0.6) is 0 Å². The number of likely N-dealkylation sites (tertiary alicyclic amines) is 1. The van der Waals surface area contributed by atoms with Gasteiger partial charge < -0.3 is 15.5 Å². The minimum absolute atomic E-state index is 0.0152. The number of hydrogen-bond donors (Lipinski definition) is 2. The van der Waals surface area contributed by atoms with Crippen LogP contribution in [0, 0.1) is 25.6 Å². The van der Waals surface area contributed by atoms with Crippen LogP contribution in [0.4, 0.5) is 9.18 Å². The van der Waals surface area contributed by atoms with E-state index in [1.165, 1.54) is 6.07 Å². The molecule has 0 aliphatic carbocycles. The number of aryl methyl sites for hydroxylation is 2.